The summed E-state index contributed by atoms with van der Waals surface area (Å²) >= 11 is 6.50. The van der Waals surface area contributed by atoms with Crippen LogP contribution in [0.1, 0.15) is 50.9 Å². The number of para-hydroxylation sites is 1. The van der Waals surface area contributed by atoms with E-state index in [2.05, 4.69) is 22.9 Å². The normalized spacial score (nSPS) is 26.4. The van der Waals surface area contributed by atoms with Gasteiger partial charge in [-0.3, -0.25) is 0 Å². The highest BCUT2D eigenvalue weighted by Crippen LogP contribution is 2.45. The lowest BCUT2D eigenvalue weighted by molar-refractivity contribution is 0.280. The Balaban J connectivity index is 1.95. The van der Waals surface area contributed by atoms with Crippen molar-refractivity contribution in [3.8, 4) is 0 Å². The Morgan fingerprint density at radius 2 is 2.29 bits per heavy atom. The Labute approximate surface area is 130 Å². The molecule has 1 aromatic heterocycles. The topological polar surface area (TPSA) is 29.9 Å². The monoisotopic (exact) mass is 303 g/mol. The van der Waals surface area contributed by atoms with Gasteiger partial charge >= 0.3 is 0 Å². The van der Waals surface area contributed by atoms with Crippen LogP contribution in [0.15, 0.2) is 18.2 Å². The first kappa shape index (κ1) is 13.6. The molecule has 0 spiro atoms. The molecule has 2 fully saturated rings. The molecular weight excluding hydrogens is 282 g/mol. The minimum Gasteiger partial charge on any atom is -0.323 e. The molecule has 112 valence electrons. The molecule has 1 aliphatic heterocycles. The predicted molar refractivity (Wildman–Crippen MR) is 87.1 cm³/mol. The molecule has 1 unspecified atom stereocenters. The summed E-state index contributed by atoms with van der Waals surface area (Å²) in [6, 6.07) is 6.71. The van der Waals surface area contributed by atoms with Crippen LogP contribution in [0.25, 0.3) is 11.0 Å². The number of hydrogen-bond acceptors (Lipinski definition) is 2. The van der Waals surface area contributed by atoms with Gasteiger partial charge in [0.1, 0.15) is 5.82 Å². The third kappa shape index (κ3) is 2.09. The highest BCUT2D eigenvalue weighted by atomic mass is 35.5. The fourth-order valence-electron chi connectivity index (χ4n) is 3.79. The minimum atomic E-state index is 0.170. The summed E-state index contributed by atoms with van der Waals surface area (Å²) in [5.74, 6) is 1.27. The molecule has 1 aliphatic carbocycles. The van der Waals surface area contributed by atoms with Crippen LogP contribution >= 0.6 is 11.6 Å². The van der Waals surface area contributed by atoms with Crippen LogP contribution in [0.2, 0.25) is 5.02 Å². The van der Waals surface area contributed by atoms with Crippen LogP contribution in [-0.2, 0) is 5.41 Å². The molecule has 2 heterocycles. The van der Waals surface area contributed by atoms with E-state index >= 15 is 0 Å². The summed E-state index contributed by atoms with van der Waals surface area (Å²) < 4.78 is 2.47. The smallest absolute Gasteiger partial charge is 0.117 e. The van der Waals surface area contributed by atoms with Crippen molar-refractivity contribution in [3.05, 3.63) is 29.0 Å². The van der Waals surface area contributed by atoms with E-state index in [-0.39, 0.29) is 5.41 Å². The lowest BCUT2D eigenvalue weighted by Gasteiger charge is -2.36. The molecule has 1 saturated carbocycles. The van der Waals surface area contributed by atoms with Crippen molar-refractivity contribution in [3.63, 3.8) is 0 Å². The number of benzene rings is 1. The van der Waals surface area contributed by atoms with Crippen molar-refractivity contribution in [2.75, 3.05) is 13.1 Å². The number of aromatic nitrogens is 2. The SMILES string of the molecule is CCC1(c2nc3cccc(Cl)c3n2C2CC2)CCCNC1. The molecule has 1 N–H and O–H groups in total. The number of rotatable bonds is 3. The van der Waals surface area contributed by atoms with Gasteiger partial charge in [-0.2, -0.15) is 0 Å². The molecule has 4 rings (SSSR count). The molecule has 3 nitrogen and oxygen atoms in total. The van der Waals surface area contributed by atoms with Gasteiger partial charge in [-0.1, -0.05) is 24.6 Å². The first-order valence-corrected chi connectivity index (χ1v) is 8.50. The summed E-state index contributed by atoms with van der Waals surface area (Å²) in [7, 11) is 0. The fourth-order valence-corrected chi connectivity index (χ4v) is 4.05. The molecule has 1 saturated heterocycles. The van der Waals surface area contributed by atoms with Crippen molar-refractivity contribution in [1.29, 1.82) is 0 Å². The Morgan fingerprint density at radius 3 is 2.95 bits per heavy atom. The zero-order chi connectivity index (χ0) is 14.4. The van der Waals surface area contributed by atoms with Crippen LogP contribution in [0, 0.1) is 0 Å². The summed E-state index contributed by atoms with van der Waals surface area (Å²) in [4.78, 5) is 5.04. The van der Waals surface area contributed by atoms with Gasteiger partial charge in [0, 0.05) is 18.0 Å². The van der Waals surface area contributed by atoms with Gasteiger partial charge in [0.2, 0.25) is 0 Å². The van der Waals surface area contributed by atoms with E-state index in [1.54, 1.807) is 0 Å². The van der Waals surface area contributed by atoms with Crippen LogP contribution in [0.4, 0.5) is 0 Å². The Kier molecular flexibility index (Phi) is 3.23. The second-order valence-electron chi connectivity index (χ2n) is 6.56. The Hall–Kier alpha value is -1.06. The quantitative estimate of drug-likeness (QED) is 0.927. The van der Waals surface area contributed by atoms with E-state index in [0.717, 1.165) is 35.6 Å². The van der Waals surface area contributed by atoms with E-state index in [9.17, 15) is 0 Å². The lowest BCUT2D eigenvalue weighted by Crippen LogP contribution is -2.44. The van der Waals surface area contributed by atoms with Crippen LogP contribution in [0.3, 0.4) is 0 Å². The van der Waals surface area contributed by atoms with E-state index in [1.165, 1.54) is 31.5 Å². The first-order valence-electron chi connectivity index (χ1n) is 8.13. The predicted octanol–water partition coefficient (Wildman–Crippen LogP) is 4.06. The fraction of sp³-hybridized carbons (Fsp3) is 0.588. The summed E-state index contributed by atoms with van der Waals surface area (Å²) in [6.07, 6.45) is 6.11. The van der Waals surface area contributed by atoms with Gasteiger partial charge in [0.05, 0.1) is 16.1 Å². The van der Waals surface area contributed by atoms with Gasteiger partial charge in [0.15, 0.2) is 0 Å². The number of hydrogen-bond donors (Lipinski definition) is 1. The minimum absolute atomic E-state index is 0.170. The molecular formula is C17H22ClN3. The van der Waals surface area contributed by atoms with Gasteiger partial charge in [-0.05, 0) is 50.8 Å². The number of fused-ring (bicyclic) bond motifs is 1. The average molecular weight is 304 g/mol. The number of halogens is 1. The molecule has 2 aromatic rings. The molecule has 1 atom stereocenters. The van der Waals surface area contributed by atoms with E-state index in [1.807, 2.05) is 12.1 Å². The Bertz CT molecular complexity index is 666. The molecule has 4 heteroatoms. The second-order valence-corrected chi connectivity index (χ2v) is 6.97. The van der Waals surface area contributed by atoms with Crippen molar-refractivity contribution < 1.29 is 0 Å². The third-order valence-electron chi connectivity index (χ3n) is 5.20. The molecule has 0 amide bonds. The van der Waals surface area contributed by atoms with Crippen molar-refractivity contribution in [2.45, 2.75) is 50.5 Å². The van der Waals surface area contributed by atoms with E-state index < -0.39 is 0 Å². The molecule has 1 aromatic carbocycles. The standard InChI is InChI=1S/C17H22ClN3/c1-2-17(9-4-10-19-11-17)16-20-14-6-3-5-13(18)15(14)21(16)12-7-8-12/h3,5-6,12,19H,2,4,7-11H2,1H3. The van der Waals surface area contributed by atoms with Gasteiger partial charge in [0.25, 0.3) is 0 Å². The maximum atomic E-state index is 6.50. The van der Waals surface area contributed by atoms with Crippen LogP contribution in [-0.4, -0.2) is 22.6 Å². The molecule has 0 radical (unpaired) electrons. The number of imidazole rings is 1. The van der Waals surface area contributed by atoms with E-state index in [0.29, 0.717) is 6.04 Å². The summed E-state index contributed by atoms with van der Waals surface area (Å²) in [6.45, 7) is 4.47. The summed E-state index contributed by atoms with van der Waals surface area (Å²) in [5.41, 5.74) is 2.38. The first-order chi connectivity index (χ1) is 10.2. The second kappa shape index (κ2) is 4.99. The maximum absolute atomic E-state index is 6.50. The molecule has 21 heavy (non-hydrogen) atoms. The lowest BCUT2D eigenvalue weighted by atomic mass is 9.77. The zero-order valence-electron chi connectivity index (χ0n) is 12.5. The molecule has 2 aliphatic rings. The summed E-state index contributed by atoms with van der Waals surface area (Å²) in [5, 5.41) is 4.43. The highest BCUT2D eigenvalue weighted by Gasteiger charge is 2.40. The van der Waals surface area contributed by atoms with Crippen molar-refractivity contribution in [2.24, 2.45) is 0 Å². The van der Waals surface area contributed by atoms with Gasteiger partial charge in [-0.15, -0.1) is 0 Å². The number of piperidine rings is 1. The average Bonchev–Trinajstić information content (AvgIpc) is 3.28. The zero-order valence-corrected chi connectivity index (χ0v) is 13.3. The number of nitrogens with zero attached hydrogens (tertiary/aromatic N) is 2. The Morgan fingerprint density at radius 1 is 1.43 bits per heavy atom. The van der Waals surface area contributed by atoms with Crippen LogP contribution in [0.5, 0.6) is 0 Å². The number of nitrogens with one attached hydrogen (secondary N) is 1. The van der Waals surface area contributed by atoms with Crippen molar-refractivity contribution >= 4 is 22.6 Å². The van der Waals surface area contributed by atoms with Gasteiger partial charge in [-0.25, -0.2) is 4.98 Å². The highest BCUT2D eigenvalue weighted by molar-refractivity contribution is 6.35. The van der Waals surface area contributed by atoms with E-state index in [4.69, 9.17) is 16.6 Å². The van der Waals surface area contributed by atoms with Crippen LogP contribution < -0.4 is 5.32 Å². The third-order valence-corrected chi connectivity index (χ3v) is 5.50. The maximum Gasteiger partial charge on any atom is 0.117 e. The van der Waals surface area contributed by atoms with Gasteiger partial charge < -0.3 is 9.88 Å². The van der Waals surface area contributed by atoms with Crippen molar-refractivity contribution in [1.82, 2.24) is 14.9 Å². The largest absolute Gasteiger partial charge is 0.323 e. The molecule has 0 bridgehead atoms.